The third kappa shape index (κ3) is 32.6. The van der Waals surface area contributed by atoms with Crippen molar-refractivity contribution in [2.45, 2.75) is 77.7 Å². The van der Waals surface area contributed by atoms with Gasteiger partial charge < -0.3 is 73.8 Å². The Morgan fingerprint density at radius 2 is 1.03 bits per heavy atom. The van der Waals surface area contributed by atoms with Gasteiger partial charge in [-0.05, 0) is 77.4 Å². The van der Waals surface area contributed by atoms with Crippen molar-refractivity contribution in [1.29, 1.82) is 0 Å². The topological polar surface area (TPSA) is 308 Å². The van der Waals surface area contributed by atoms with Gasteiger partial charge >= 0.3 is 67.3 Å². The number of alkyl halides is 1. The van der Waals surface area contributed by atoms with Crippen molar-refractivity contribution in [2.75, 3.05) is 11.1 Å². The number of amidine groups is 1. The Bertz CT molecular complexity index is 2940. The summed E-state index contributed by atoms with van der Waals surface area (Å²) in [5.41, 5.74) is 17.1. The summed E-state index contributed by atoms with van der Waals surface area (Å²) < 4.78 is 11.6. The summed E-state index contributed by atoms with van der Waals surface area (Å²) in [4.78, 5) is 55.2. The van der Waals surface area contributed by atoms with Gasteiger partial charge in [-0.1, -0.05) is 119 Å². The molecule has 409 valence electrons. The number of nitrogens with zero attached hydrogens (tertiary/aromatic N) is 6. The summed E-state index contributed by atoms with van der Waals surface area (Å²) >= 11 is 9.38. The second-order valence-corrected chi connectivity index (χ2v) is 33.8. The van der Waals surface area contributed by atoms with Crippen molar-refractivity contribution in [3.63, 3.8) is 0 Å². The number of carbonyl (C=O) groups is 4. The molecular formula is C53H58I4N9O10V-. The standard InChI is InChI=1S/C17H16N4O2.C11H10N2O3.C9H10N2O3.C9H7NO2.C4H9I.C3H6I.2HI.V/c1-11-19-16(21-23-11)10-12-6-8-13(9-7-12)17(22)20-15-5-3-2-4-14(15)18;1-7-12-10(13-16-7)6-8-2-4-9(5-3-8)11(14)15;10-8(11-14)5-6-1-3-7(4-2-6)9(12)13;1-10-6-7-2-4-8(5-3-7)9(11)12;1-4(2,3)5;1-3(2)4;;;/h2-9H,10,18H2,1H3,(H,20,22);2-5H,6H2,1H3,(H,14,15);1-4,14H,5H2,(H2,10,11)(H,12,13);2-5H,6H2,(H,11,12);1-3H3;1-2H3;2*1H;/q;;;;;-1;;;+2/p-2. The molecule has 9 N–H and O–H groups in total. The first kappa shape index (κ1) is 69.3. The fourth-order valence-corrected chi connectivity index (χ4v) is 5.39. The predicted molar refractivity (Wildman–Crippen MR) is 327 cm³/mol. The van der Waals surface area contributed by atoms with Crippen molar-refractivity contribution < 1.29 is 58.2 Å². The van der Waals surface area contributed by atoms with E-state index >= 15 is 0 Å². The Morgan fingerprint density at radius 1 is 0.688 bits per heavy atom. The van der Waals surface area contributed by atoms with Crippen LogP contribution in [0.4, 0.5) is 11.4 Å². The van der Waals surface area contributed by atoms with Crippen LogP contribution in [0.3, 0.4) is 0 Å². The van der Waals surface area contributed by atoms with Crippen LogP contribution in [0.5, 0.6) is 0 Å². The number of hydrogen-bond acceptors (Lipinski definition) is 13. The molecule has 0 aliphatic carbocycles. The van der Waals surface area contributed by atoms with Gasteiger partial charge in [0, 0.05) is 47.7 Å². The quantitative estimate of drug-likeness (QED) is 0.00874. The summed E-state index contributed by atoms with van der Waals surface area (Å²) in [6.45, 7) is 21.0. The van der Waals surface area contributed by atoms with Crippen molar-refractivity contribution in [2.24, 2.45) is 10.9 Å². The fourth-order valence-electron chi connectivity index (χ4n) is 5.39. The molecule has 0 saturated carbocycles. The zero-order valence-electron chi connectivity index (χ0n) is 42.9. The molecule has 0 saturated heterocycles. The first-order chi connectivity index (χ1) is 36.3. The van der Waals surface area contributed by atoms with Gasteiger partial charge in [0.05, 0.1) is 28.1 Å². The van der Waals surface area contributed by atoms with Crippen LogP contribution in [-0.2, 0) is 35.3 Å². The van der Waals surface area contributed by atoms with Gasteiger partial charge in [-0.2, -0.15) is 23.8 Å². The number of halogens is 4. The summed E-state index contributed by atoms with van der Waals surface area (Å²) in [6.07, 6.45) is 1.40. The van der Waals surface area contributed by atoms with Crippen LogP contribution in [0.1, 0.15) is 122 Å². The maximum atomic E-state index is 12.2. The summed E-state index contributed by atoms with van der Waals surface area (Å²) in [6, 6.07) is 33.5. The summed E-state index contributed by atoms with van der Waals surface area (Å²) in [5, 5.41) is 47.4. The first-order valence-corrected chi connectivity index (χ1v) is 33.6. The van der Waals surface area contributed by atoms with E-state index in [1.807, 2.05) is 24.3 Å². The third-order valence-corrected chi connectivity index (χ3v) is 8.67. The minimum atomic E-state index is -0.972. The van der Waals surface area contributed by atoms with Crippen LogP contribution in [0.2, 0.25) is 0 Å². The summed E-state index contributed by atoms with van der Waals surface area (Å²) in [7, 11) is 0.628. The zero-order chi connectivity index (χ0) is 58.1. The molecule has 0 unspecified atom stereocenters. The van der Waals surface area contributed by atoms with Crippen LogP contribution < -0.4 is 16.8 Å². The number of nitrogens with two attached hydrogens (primary N) is 2. The average Bonchev–Trinajstić information content (AvgIpc) is 3.98. The number of rotatable bonds is 12. The molecule has 0 radical (unpaired) electrons. The number of para-hydroxylation sites is 2. The van der Waals surface area contributed by atoms with Gasteiger partial charge in [0.15, 0.2) is 11.6 Å². The average molecular weight is 1540 g/mol. The number of carboxylic acid groups (broad SMARTS) is 3. The Balaban J connectivity index is 0.000000490. The Kier molecular flexibility index (Phi) is 34.2. The van der Waals surface area contributed by atoms with E-state index in [1.54, 1.807) is 86.6 Å². The van der Waals surface area contributed by atoms with Crippen molar-refractivity contribution >= 4 is 126 Å². The molecule has 2 heterocycles. The van der Waals surface area contributed by atoms with E-state index in [9.17, 15) is 19.2 Å². The molecule has 2 aromatic heterocycles. The SMILES string of the molecule is CC(C)(C)I.C[C-](C)I.Cc1nc(Cc2ccc(C(=O)Nc3ccccc3N)cc2)no1.Cc1nc(Cc2ccc(C(=O)O)cc2)no1.N/C(Cc1ccc(C(=O)O)cc1)=N\O.[C-]#[N+]Cc1ccc(C(=O)O)cc1.[I][V][I]. The molecule has 0 bridgehead atoms. The third-order valence-electron chi connectivity index (χ3n) is 8.67. The van der Waals surface area contributed by atoms with E-state index in [4.69, 9.17) is 47.6 Å². The number of carboxylic acids is 3. The van der Waals surface area contributed by atoms with E-state index in [-0.39, 0.29) is 28.4 Å². The number of hydrogen-bond donors (Lipinski definition) is 7. The molecule has 0 atom stereocenters. The first-order valence-electron chi connectivity index (χ1n) is 22.4. The Hall–Kier alpha value is -5.68. The second-order valence-electron chi connectivity index (χ2n) is 16.7. The van der Waals surface area contributed by atoms with Crippen molar-refractivity contribution in [1.82, 2.24) is 20.3 Å². The van der Waals surface area contributed by atoms with Crippen LogP contribution in [-0.4, -0.2) is 73.9 Å². The minimum absolute atomic E-state index is 0.0908. The van der Waals surface area contributed by atoms with E-state index in [2.05, 4.69) is 155 Å². The molecule has 0 aliphatic rings. The van der Waals surface area contributed by atoms with Gasteiger partial charge in [-0.25, -0.2) is 21.0 Å². The monoisotopic (exact) mass is 1540 g/mol. The Morgan fingerprint density at radius 3 is 1.34 bits per heavy atom. The number of aromatic carboxylic acids is 3. The molecule has 1 amide bonds. The van der Waals surface area contributed by atoms with Gasteiger partial charge in [0.2, 0.25) is 18.3 Å². The molecule has 0 spiro atoms. The van der Waals surface area contributed by atoms with Crippen LogP contribution in [0, 0.1) is 24.3 Å². The number of amides is 1. The van der Waals surface area contributed by atoms with E-state index in [0.717, 1.165) is 22.3 Å². The summed E-state index contributed by atoms with van der Waals surface area (Å²) in [5.74, 6) is -0.671. The van der Waals surface area contributed by atoms with E-state index in [1.165, 1.54) is 28.2 Å². The number of aromatic nitrogens is 4. The molecule has 7 aromatic rings. The molecular weight excluding hydrogens is 1480 g/mol. The number of carbonyl (C=O) groups excluding carboxylic acids is 1. The van der Waals surface area contributed by atoms with Gasteiger partial charge in [-0.15, -0.1) is 0 Å². The molecule has 19 nitrogen and oxygen atoms in total. The van der Waals surface area contributed by atoms with E-state index < -0.39 is 17.9 Å². The van der Waals surface area contributed by atoms with E-state index in [0.29, 0.717) is 79.1 Å². The number of oxime groups is 1. The van der Waals surface area contributed by atoms with Crippen LogP contribution >= 0.6 is 85.1 Å². The zero-order valence-corrected chi connectivity index (χ0v) is 52.9. The molecule has 5 aromatic carbocycles. The predicted octanol–water partition coefficient (Wildman–Crippen LogP) is 12.9. The maximum absolute atomic E-state index is 12.2. The normalized spacial score (nSPS) is 10.1. The molecule has 77 heavy (non-hydrogen) atoms. The molecule has 24 heteroatoms. The number of nitrogen functional groups attached to an aromatic ring is 1. The van der Waals surface area contributed by atoms with Gasteiger partial charge in [0.25, 0.3) is 5.91 Å². The molecule has 0 aliphatic heterocycles. The number of anilines is 2. The Labute approximate surface area is 503 Å². The number of aryl methyl sites for hydroxylation is 2. The number of nitrogens with one attached hydrogen (secondary N) is 1. The van der Waals surface area contributed by atoms with Crippen molar-refractivity contribution in [3.8, 4) is 0 Å². The van der Waals surface area contributed by atoms with Crippen LogP contribution in [0.25, 0.3) is 4.85 Å². The van der Waals surface area contributed by atoms with Gasteiger partial charge in [0.1, 0.15) is 5.84 Å². The van der Waals surface area contributed by atoms with Gasteiger partial charge in [-0.3, -0.25) is 8.72 Å². The molecule has 0 fully saturated rings. The van der Waals surface area contributed by atoms with Crippen molar-refractivity contribution in [3.05, 3.63) is 205 Å². The fraction of sp³-hybridized carbons (Fsp3) is 0.226. The van der Waals surface area contributed by atoms with Crippen LogP contribution in [0.15, 0.2) is 136 Å². The number of benzene rings is 5. The second kappa shape index (κ2) is 38.0. The molecule has 7 rings (SSSR count).